The molecule has 0 bridgehead atoms. The summed E-state index contributed by atoms with van der Waals surface area (Å²) in [6, 6.07) is 9.12. The quantitative estimate of drug-likeness (QED) is 0.712. The highest BCUT2D eigenvalue weighted by atomic mass is 16.5. The van der Waals surface area contributed by atoms with Crippen molar-refractivity contribution in [1.82, 2.24) is 5.32 Å². The maximum absolute atomic E-state index is 5.84. The second-order valence-corrected chi connectivity index (χ2v) is 5.20. The van der Waals surface area contributed by atoms with Crippen molar-refractivity contribution in [3.8, 4) is 0 Å². The lowest BCUT2D eigenvalue weighted by atomic mass is 10.0. The predicted molar refractivity (Wildman–Crippen MR) is 84.1 cm³/mol. The van der Waals surface area contributed by atoms with Crippen LogP contribution in [0.2, 0.25) is 0 Å². The van der Waals surface area contributed by atoms with Crippen molar-refractivity contribution in [2.75, 3.05) is 26.9 Å². The molecule has 3 heteroatoms. The molecule has 0 aliphatic heterocycles. The SMILES string of the molecule is CCCc1ccc(C(COC(C)COC)NCC)cc1. The van der Waals surface area contributed by atoms with Gasteiger partial charge in [-0.1, -0.05) is 44.5 Å². The molecule has 1 rings (SSSR count). The van der Waals surface area contributed by atoms with Crippen molar-refractivity contribution in [3.05, 3.63) is 35.4 Å². The Labute approximate surface area is 123 Å². The van der Waals surface area contributed by atoms with Gasteiger partial charge in [0.1, 0.15) is 0 Å². The van der Waals surface area contributed by atoms with Crippen LogP contribution in [0, 0.1) is 0 Å². The molecular weight excluding hydrogens is 250 g/mol. The first kappa shape index (κ1) is 17.2. The second kappa shape index (κ2) is 9.92. The summed E-state index contributed by atoms with van der Waals surface area (Å²) in [4.78, 5) is 0. The molecule has 20 heavy (non-hydrogen) atoms. The maximum Gasteiger partial charge on any atom is 0.0781 e. The summed E-state index contributed by atoms with van der Waals surface area (Å²) in [5.41, 5.74) is 2.69. The average molecular weight is 279 g/mol. The third-order valence-corrected chi connectivity index (χ3v) is 3.32. The Hall–Kier alpha value is -0.900. The summed E-state index contributed by atoms with van der Waals surface area (Å²) in [6.45, 7) is 8.61. The lowest BCUT2D eigenvalue weighted by Gasteiger charge is -2.21. The van der Waals surface area contributed by atoms with Gasteiger partial charge in [-0.3, -0.25) is 0 Å². The van der Waals surface area contributed by atoms with Crippen LogP contribution in [0.15, 0.2) is 24.3 Å². The number of nitrogens with one attached hydrogen (secondary N) is 1. The topological polar surface area (TPSA) is 30.5 Å². The summed E-state index contributed by atoms with van der Waals surface area (Å²) in [5, 5.41) is 3.48. The van der Waals surface area contributed by atoms with Crippen molar-refractivity contribution < 1.29 is 9.47 Å². The van der Waals surface area contributed by atoms with E-state index in [1.807, 2.05) is 6.92 Å². The van der Waals surface area contributed by atoms with Crippen LogP contribution in [0.25, 0.3) is 0 Å². The summed E-state index contributed by atoms with van der Waals surface area (Å²) < 4.78 is 10.9. The first-order valence-corrected chi connectivity index (χ1v) is 7.64. The molecule has 0 amide bonds. The van der Waals surface area contributed by atoms with Gasteiger partial charge in [0.05, 0.1) is 25.4 Å². The van der Waals surface area contributed by atoms with Crippen LogP contribution in [0.3, 0.4) is 0 Å². The van der Waals surface area contributed by atoms with E-state index in [2.05, 4.69) is 43.4 Å². The zero-order valence-electron chi connectivity index (χ0n) is 13.3. The van der Waals surface area contributed by atoms with E-state index in [-0.39, 0.29) is 12.1 Å². The van der Waals surface area contributed by atoms with Gasteiger partial charge in [-0.15, -0.1) is 0 Å². The maximum atomic E-state index is 5.84. The van der Waals surface area contributed by atoms with Crippen LogP contribution >= 0.6 is 0 Å². The molecule has 0 fully saturated rings. The molecule has 0 saturated carbocycles. The molecular formula is C17H29NO2. The fourth-order valence-electron chi connectivity index (χ4n) is 2.27. The highest BCUT2D eigenvalue weighted by Gasteiger charge is 2.12. The lowest BCUT2D eigenvalue weighted by Crippen LogP contribution is -2.28. The van der Waals surface area contributed by atoms with Gasteiger partial charge in [0.2, 0.25) is 0 Å². The molecule has 0 saturated heterocycles. The Morgan fingerprint density at radius 3 is 2.35 bits per heavy atom. The van der Waals surface area contributed by atoms with E-state index in [1.165, 1.54) is 17.5 Å². The van der Waals surface area contributed by atoms with Gasteiger partial charge in [-0.25, -0.2) is 0 Å². The van der Waals surface area contributed by atoms with Crippen molar-refractivity contribution in [2.45, 2.75) is 45.8 Å². The van der Waals surface area contributed by atoms with Crippen molar-refractivity contribution in [1.29, 1.82) is 0 Å². The molecule has 114 valence electrons. The Morgan fingerprint density at radius 1 is 1.10 bits per heavy atom. The number of aryl methyl sites for hydroxylation is 1. The predicted octanol–water partition coefficient (Wildman–Crippen LogP) is 3.34. The number of benzene rings is 1. The normalized spacial score (nSPS) is 14.2. The number of methoxy groups -OCH3 is 1. The molecule has 1 aromatic rings. The van der Waals surface area contributed by atoms with E-state index in [9.17, 15) is 0 Å². The molecule has 0 radical (unpaired) electrons. The molecule has 0 aliphatic rings. The lowest BCUT2D eigenvalue weighted by molar-refractivity contribution is -0.000386. The standard InChI is InChI=1S/C17H29NO2/c1-5-7-15-8-10-16(11-9-15)17(18-6-2)13-20-14(3)12-19-4/h8-11,14,17-18H,5-7,12-13H2,1-4H3. The van der Waals surface area contributed by atoms with Crippen LogP contribution in [0.4, 0.5) is 0 Å². The zero-order valence-corrected chi connectivity index (χ0v) is 13.3. The fraction of sp³-hybridized carbons (Fsp3) is 0.647. The summed E-state index contributed by atoms with van der Waals surface area (Å²) in [5.74, 6) is 0. The van der Waals surface area contributed by atoms with Crippen molar-refractivity contribution >= 4 is 0 Å². The van der Waals surface area contributed by atoms with E-state index >= 15 is 0 Å². The Balaban J connectivity index is 2.59. The Morgan fingerprint density at radius 2 is 1.80 bits per heavy atom. The van der Waals surface area contributed by atoms with Crippen molar-refractivity contribution in [3.63, 3.8) is 0 Å². The number of likely N-dealkylation sites (N-methyl/N-ethyl adjacent to an activating group) is 1. The van der Waals surface area contributed by atoms with Gasteiger partial charge >= 0.3 is 0 Å². The molecule has 0 heterocycles. The molecule has 1 N–H and O–H groups in total. The first-order valence-electron chi connectivity index (χ1n) is 7.64. The molecule has 1 aromatic carbocycles. The Bertz CT molecular complexity index is 351. The summed E-state index contributed by atoms with van der Waals surface area (Å²) in [7, 11) is 1.70. The molecule has 2 unspecified atom stereocenters. The summed E-state index contributed by atoms with van der Waals surface area (Å²) in [6.07, 6.45) is 2.46. The van der Waals surface area contributed by atoms with Crippen LogP contribution in [-0.4, -0.2) is 33.0 Å². The highest BCUT2D eigenvalue weighted by molar-refractivity contribution is 5.25. The van der Waals surface area contributed by atoms with E-state index in [4.69, 9.17) is 9.47 Å². The number of hydrogen-bond acceptors (Lipinski definition) is 3. The molecule has 0 aromatic heterocycles. The Kier molecular flexibility index (Phi) is 8.51. The minimum Gasteiger partial charge on any atom is -0.382 e. The van der Waals surface area contributed by atoms with Gasteiger partial charge in [0.25, 0.3) is 0 Å². The van der Waals surface area contributed by atoms with E-state index in [0.717, 1.165) is 13.0 Å². The van der Waals surface area contributed by atoms with Crippen molar-refractivity contribution in [2.24, 2.45) is 0 Å². The van der Waals surface area contributed by atoms with Gasteiger partial charge in [0.15, 0.2) is 0 Å². The average Bonchev–Trinajstić information content (AvgIpc) is 2.45. The molecule has 0 spiro atoms. The molecule has 2 atom stereocenters. The van der Waals surface area contributed by atoms with Gasteiger partial charge in [-0.05, 0) is 31.0 Å². The van der Waals surface area contributed by atoms with Gasteiger partial charge in [0, 0.05) is 7.11 Å². The van der Waals surface area contributed by atoms with Gasteiger partial charge < -0.3 is 14.8 Å². The molecule has 3 nitrogen and oxygen atoms in total. The summed E-state index contributed by atoms with van der Waals surface area (Å²) >= 11 is 0. The van der Waals surface area contributed by atoms with E-state index in [0.29, 0.717) is 13.2 Å². The highest BCUT2D eigenvalue weighted by Crippen LogP contribution is 2.16. The number of rotatable bonds is 10. The monoisotopic (exact) mass is 279 g/mol. The minimum atomic E-state index is 0.125. The van der Waals surface area contributed by atoms with E-state index < -0.39 is 0 Å². The van der Waals surface area contributed by atoms with Crippen LogP contribution in [0.1, 0.15) is 44.4 Å². The number of ether oxygens (including phenoxy) is 2. The minimum absolute atomic E-state index is 0.125. The van der Waals surface area contributed by atoms with Crippen LogP contribution in [0.5, 0.6) is 0 Å². The fourth-order valence-corrected chi connectivity index (χ4v) is 2.27. The smallest absolute Gasteiger partial charge is 0.0781 e. The third kappa shape index (κ3) is 6.04. The largest absolute Gasteiger partial charge is 0.382 e. The van der Waals surface area contributed by atoms with Crippen LogP contribution < -0.4 is 5.32 Å². The number of hydrogen-bond donors (Lipinski definition) is 1. The van der Waals surface area contributed by atoms with Crippen LogP contribution in [-0.2, 0) is 15.9 Å². The second-order valence-electron chi connectivity index (χ2n) is 5.20. The first-order chi connectivity index (χ1) is 9.71. The van der Waals surface area contributed by atoms with E-state index in [1.54, 1.807) is 7.11 Å². The zero-order chi connectivity index (χ0) is 14.8. The van der Waals surface area contributed by atoms with Gasteiger partial charge in [-0.2, -0.15) is 0 Å². The molecule has 0 aliphatic carbocycles. The third-order valence-electron chi connectivity index (χ3n) is 3.32.